The van der Waals surface area contributed by atoms with Crippen LogP contribution in [0.1, 0.15) is 34.9 Å². The number of piperidine rings is 1. The minimum Gasteiger partial charge on any atom is -0.496 e. The molecule has 0 saturated carbocycles. The van der Waals surface area contributed by atoms with Gasteiger partial charge in [-0.15, -0.1) is 0 Å². The van der Waals surface area contributed by atoms with Gasteiger partial charge in [0, 0.05) is 26.1 Å². The normalized spacial score (nSPS) is 14.8. The average Bonchev–Trinajstić information content (AvgIpc) is 3.08. The van der Waals surface area contributed by atoms with Gasteiger partial charge in [0.15, 0.2) is 0 Å². The van der Waals surface area contributed by atoms with Crippen LogP contribution in [0.5, 0.6) is 5.75 Å². The fourth-order valence-electron chi connectivity index (χ4n) is 3.90. The van der Waals surface area contributed by atoms with Crippen LogP contribution in [0.2, 0.25) is 0 Å². The van der Waals surface area contributed by atoms with Crippen LogP contribution in [0.25, 0.3) is 5.69 Å². The molecule has 2 aromatic carbocycles. The van der Waals surface area contributed by atoms with Gasteiger partial charge in [-0.1, -0.05) is 30.3 Å². The van der Waals surface area contributed by atoms with E-state index in [-0.39, 0.29) is 17.5 Å². The van der Waals surface area contributed by atoms with Gasteiger partial charge in [-0.2, -0.15) is 5.10 Å². The first kappa shape index (κ1) is 19.0. The maximum Gasteiger partial charge on any atom is 0.350 e. The van der Waals surface area contributed by atoms with E-state index in [1.165, 1.54) is 4.68 Å². The Labute approximate surface area is 169 Å². The molecule has 2 heterocycles. The maximum atomic E-state index is 12.9. The molecule has 7 nitrogen and oxygen atoms in total. The third kappa shape index (κ3) is 3.55. The zero-order valence-corrected chi connectivity index (χ0v) is 16.6. The van der Waals surface area contributed by atoms with Crippen molar-refractivity contribution in [3.8, 4) is 11.4 Å². The molecule has 1 aliphatic rings. The molecule has 1 aliphatic heterocycles. The molecule has 1 amide bonds. The number of hydrogen-bond donors (Lipinski definition) is 0. The predicted octanol–water partition coefficient (Wildman–Crippen LogP) is 2.60. The molecule has 0 aliphatic carbocycles. The topological polar surface area (TPSA) is 69.4 Å². The first-order valence-electron chi connectivity index (χ1n) is 9.74. The number of carbonyl (C=O) groups is 1. The Bertz CT molecular complexity index is 1060. The first-order chi connectivity index (χ1) is 14.1. The number of nitrogens with zero attached hydrogens (tertiary/aromatic N) is 4. The number of para-hydroxylation sites is 2. The van der Waals surface area contributed by atoms with Crippen molar-refractivity contribution in [3.05, 3.63) is 76.5 Å². The van der Waals surface area contributed by atoms with Crippen molar-refractivity contribution < 1.29 is 9.53 Å². The van der Waals surface area contributed by atoms with E-state index in [2.05, 4.69) is 5.10 Å². The lowest BCUT2D eigenvalue weighted by Gasteiger charge is -2.32. The number of rotatable bonds is 4. The predicted molar refractivity (Wildman–Crippen MR) is 110 cm³/mol. The minimum absolute atomic E-state index is 0.0256. The lowest BCUT2D eigenvalue weighted by Crippen LogP contribution is -2.38. The van der Waals surface area contributed by atoms with Crippen molar-refractivity contribution in [1.29, 1.82) is 0 Å². The molecule has 0 atom stereocenters. The second kappa shape index (κ2) is 7.95. The molecule has 0 bridgehead atoms. The lowest BCUT2D eigenvalue weighted by atomic mass is 9.95. The standard InChI is InChI=1S/C22H24N4O3/c1-24-22(28)26(17-8-4-3-5-9-17)20(23-24)16-12-14-25(15-13-16)21(27)18-10-6-7-11-19(18)29-2/h3-11,16H,12-15H2,1-2H3. The van der Waals surface area contributed by atoms with Gasteiger partial charge in [-0.05, 0) is 37.1 Å². The highest BCUT2D eigenvalue weighted by molar-refractivity contribution is 5.97. The van der Waals surface area contributed by atoms with Gasteiger partial charge in [-0.25, -0.2) is 14.0 Å². The van der Waals surface area contributed by atoms with E-state index in [0.717, 1.165) is 24.4 Å². The molecule has 7 heteroatoms. The van der Waals surface area contributed by atoms with Crippen LogP contribution < -0.4 is 10.4 Å². The third-order valence-corrected chi connectivity index (χ3v) is 5.45. The van der Waals surface area contributed by atoms with E-state index in [0.29, 0.717) is 24.4 Å². The number of aryl methyl sites for hydroxylation is 1. The Kier molecular flexibility index (Phi) is 5.20. The number of hydrogen-bond acceptors (Lipinski definition) is 4. The minimum atomic E-state index is -0.154. The van der Waals surface area contributed by atoms with Crippen LogP contribution in [-0.2, 0) is 7.05 Å². The summed E-state index contributed by atoms with van der Waals surface area (Å²) in [6, 6.07) is 16.8. The molecule has 1 fully saturated rings. The van der Waals surface area contributed by atoms with Gasteiger partial charge in [0.25, 0.3) is 5.91 Å². The molecule has 3 aromatic rings. The average molecular weight is 392 g/mol. The van der Waals surface area contributed by atoms with Gasteiger partial charge in [-0.3, -0.25) is 4.79 Å². The van der Waals surface area contributed by atoms with Crippen LogP contribution in [0.4, 0.5) is 0 Å². The Morgan fingerprint density at radius 3 is 2.38 bits per heavy atom. The summed E-state index contributed by atoms with van der Waals surface area (Å²) in [5, 5.41) is 4.51. The molecule has 0 unspecified atom stereocenters. The number of carbonyl (C=O) groups excluding carboxylic acids is 1. The highest BCUT2D eigenvalue weighted by Crippen LogP contribution is 2.29. The molecule has 0 spiro atoms. The summed E-state index contributed by atoms with van der Waals surface area (Å²) in [6.45, 7) is 1.22. The maximum absolute atomic E-state index is 12.9. The number of ether oxygens (including phenoxy) is 1. The molecule has 0 radical (unpaired) electrons. The third-order valence-electron chi connectivity index (χ3n) is 5.45. The molecule has 1 saturated heterocycles. The fraction of sp³-hybridized carbons (Fsp3) is 0.318. The molecule has 29 heavy (non-hydrogen) atoms. The van der Waals surface area contributed by atoms with Gasteiger partial charge < -0.3 is 9.64 Å². The summed E-state index contributed by atoms with van der Waals surface area (Å²) in [5.41, 5.74) is 1.24. The van der Waals surface area contributed by atoms with E-state index in [1.54, 1.807) is 30.9 Å². The molecule has 0 N–H and O–H groups in total. The molecule has 1 aromatic heterocycles. The van der Waals surface area contributed by atoms with E-state index >= 15 is 0 Å². The molecular weight excluding hydrogens is 368 g/mol. The van der Waals surface area contributed by atoms with Crippen molar-refractivity contribution in [3.63, 3.8) is 0 Å². The van der Waals surface area contributed by atoms with Gasteiger partial charge in [0.2, 0.25) is 0 Å². The Balaban J connectivity index is 1.55. The summed E-state index contributed by atoms with van der Waals surface area (Å²) < 4.78 is 8.40. The lowest BCUT2D eigenvalue weighted by molar-refractivity contribution is 0.0707. The number of benzene rings is 2. The van der Waals surface area contributed by atoms with Crippen molar-refractivity contribution >= 4 is 5.91 Å². The quantitative estimate of drug-likeness (QED) is 0.684. The van der Waals surface area contributed by atoms with E-state index in [4.69, 9.17) is 4.74 Å². The number of aromatic nitrogens is 3. The number of methoxy groups -OCH3 is 1. The molecule has 4 rings (SSSR count). The van der Waals surface area contributed by atoms with E-state index in [9.17, 15) is 9.59 Å². The zero-order chi connectivity index (χ0) is 20.4. The van der Waals surface area contributed by atoms with E-state index in [1.807, 2.05) is 47.4 Å². The Morgan fingerprint density at radius 1 is 1.03 bits per heavy atom. The van der Waals surface area contributed by atoms with Crippen molar-refractivity contribution in [2.24, 2.45) is 7.05 Å². The zero-order valence-electron chi connectivity index (χ0n) is 16.6. The second-order valence-corrected chi connectivity index (χ2v) is 7.20. The first-order valence-corrected chi connectivity index (χ1v) is 9.74. The fourth-order valence-corrected chi connectivity index (χ4v) is 3.90. The molecule has 150 valence electrons. The van der Waals surface area contributed by atoms with Crippen molar-refractivity contribution in [2.45, 2.75) is 18.8 Å². The number of likely N-dealkylation sites (tertiary alicyclic amines) is 1. The summed E-state index contributed by atoms with van der Waals surface area (Å²) >= 11 is 0. The SMILES string of the molecule is COc1ccccc1C(=O)N1CCC(c2nn(C)c(=O)n2-c2ccccc2)CC1. The van der Waals surface area contributed by atoms with Crippen LogP contribution in [-0.4, -0.2) is 45.4 Å². The van der Waals surface area contributed by atoms with Crippen LogP contribution in [0.15, 0.2) is 59.4 Å². The summed E-state index contributed by atoms with van der Waals surface area (Å²) in [5.74, 6) is 1.43. The molecular formula is C22H24N4O3. The second-order valence-electron chi connectivity index (χ2n) is 7.20. The van der Waals surface area contributed by atoms with Gasteiger partial charge >= 0.3 is 5.69 Å². The van der Waals surface area contributed by atoms with Crippen molar-refractivity contribution in [1.82, 2.24) is 19.2 Å². The number of amides is 1. The summed E-state index contributed by atoms with van der Waals surface area (Å²) in [7, 11) is 3.24. The van der Waals surface area contributed by atoms with Crippen LogP contribution in [0, 0.1) is 0 Å². The Hall–Kier alpha value is -3.35. The van der Waals surface area contributed by atoms with Gasteiger partial charge in [0.1, 0.15) is 11.6 Å². The Morgan fingerprint density at radius 2 is 1.69 bits per heavy atom. The van der Waals surface area contributed by atoms with Gasteiger partial charge in [0.05, 0.1) is 18.4 Å². The highest BCUT2D eigenvalue weighted by atomic mass is 16.5. The highest BCUT2D eigenvalue weighted by Gasteiger charge is 2.29. The monoisotopic (exact) mass is 392 g/mol. The van der Waals surface area contributed by atoms with Crippen LogP contribution in [0.3, 0.4) is 0 Å². The summed E-state index contributed by atoms with van der Waals surface area (Å²) in [4.78, 5) is 27.4. The van der Waals surface area contributed by atoms with Crippen molar-refractivity contribution in [2.75, 3.05) is 20.2 Å². The largest absolute Gasteiger partial charge is 0.496 e. The van der Waals surface area contributed by atoms with Crippen LogP contribution >= 0.6 is 0 Å². The smallest absolute Gasteiger partial charge is 0.350 e. The van der Waals surface area contributed by atoms with E-state index < -0.39 is 0 Å². The summed E-state index contributed by atoms with van der Waals surface area (Å²) in [6.07, 6.45) is 1.51.